The van der Waals surface area contributed by atoms with Gasteiger partial charge in [0.25, 0.3) is 5.89 Å². The summed E-state index contributed by atoms with van der Waals surface area (Å²) in [5, 5.41) is 4.65. The van der Waals surface area contributed by atoms with Crippen LogP contribution in [0.25, 0.3) is 11.5 Å². The van der Waals surface area contributed by atoms with Crippen molar-refractivity contribution in [3.05, 3.63) is 34.1 Å². The first kappa shape index (κ1) is 11.4. The first-order chi connectivity index (χ1) is 7.72. The molecule has 2 N–H and O–H groups in total. The van der Waals surface area contributed by atoms with E-state index in [2.05, 4.69) is 10.1 Å². The zero-order valence-electron chi connectivity index (χ0n) is 8.28. The molecule has 0 aliphatic rings. The highest BCUT2D eigenvalue weighted by molar-refractivity contribution is 6.43. The quantitative estimate of drug-likeness (QED) is 0.918. The molecule has 84 valence electrons. The van der Waals surface area contributed by atoms with Crippen LogP contribution in [0.5, 0.6) is 0 Å². The Morgan fingerprint density at radius 3 is 2.88 bits per heavy atom. The van der Waals surface area contributed by atoms with Crippen LogP contribution in [-0.4, -0.2) is 16.7 Å². The molecule has 0 atom stereocenters. The van der Waals surface area contributed by atoms with E-state index < -0.39 is 0 Å². The van der Waals surface area contributed by atoms with Crippen molar-refractivity contribution in [2.24, 2.45) is 5.73 Å². The number of hydrogen-bond acceptors (Lipinski definition) is 4. The number of benzene rings is 1. The summed E-state index contributed by atoms with van der Waals surface area (Å²) in [6, 6.07) is 5.24. The Kier molecular flexibility index (Phi) is 3.43. The van der Waals surface area contributed by atoms with E-state index in [1.54, 1.807) is 18.2 Å². The lowest BCUT2D eigenvalue weighted by atomic mass is 10.2. The average molecular weight is 258 g/mol. The highest BCUT2D eigenvalue weighted by Gasteiger charge is 2.13. The van der Waals surface area contributed by atoms with E-state index in [9.17, 15) is 0 Å². The van der Waals surface area contributed by atoms with E-state index >= 15 is 0 Å². The number of rotatable bonds is 3. The molecular weight excluding hydrogens is 249 g/mol. The summed E-state index contributed by atoms with van der Waals surface area (Å²) in [7, 11) is 0. The van der Waals surface area contributed by atoms with Crippen molar-refractivity contribution in [2.75, 3.05) is 6.54 Å². The number of hydrogen-bond donors (Lipinski definition) is 1. The molecular formula is C10H9Cl2N3O. The van der Waals surface area contributed by atoms with Gasteiger partial charge < -0.3 is 10.3 Å². The zero-order valence-corrected chi connectivity index (χ0v) is 9.79. The standard InChI is InChI=1S/C10H9Cl2N3O/c11-7-3-1-2-6(9(7)12)10-14-8(4-5-13)15-16-10/h1-3H,4-5,13H2. The van der Waals surface area contributed by atoms with Gasteiger partial charge in [-0.05, 0) is 18.7 Å². The Balaban J connectivity index is 2.39. The summed E-state index contributed by atoms with van der Waals surface area (Å²) < 4.78 is 5.08. The van der Waals surface area contributed by atoms with Gasteiger partial charge in [0.05, 0.1) is 15.6 Å². The van der Waals surface area contributed by atoms with E-state index in [0.717, 1.165) is 0 Å². The van der Waals surface area contributed by atoms with Crippen LogP contribution in [0.2, 0.25) is 10.0 Å². The van der Waals surface area contributed by atoms with Gasteiger partial charge >= 0.3 is 0 Å². The lowest BCUT2D eigenvalue weighted by Gasteiger charge is -1.99. The molecule has 1 aromatic heterocycles. The van der Waals surface area contributed by atoms with E-state index in [4.69, 9.17) is 33.5 Å². The van der Waals surface area contributed by atoms with Crippen LogP contribution in [0.1, 0.15) is 5.82 Å². The van der Waals surface area contributed by atoms with Crippen LogP contribution in [0.15, 0.2) is 22.7 Å². The third-order valence-electron chi connectivity index (χ3n) is 2.02. The molecule has 2 rings (SSSR count). The summed E-state index contributed by atoms with van der Waals surface area (Å²) in [4.78, 5) is 4.17. The molecule has 0 saturated carbocycles. The molecule has 0 unspecified atom stereocenters. The third kappa shape index (κ3) is 2.19. The minimum Gasteiger partial charge on any atom is -0.334 e. The molecule has 0 radical (unpaired) electrons. The van der Waals surface area contributed by atoms with Gasteiger partial charge in [0.15, 0.2) is 5.82 Å². The van der Waals surface area contributed by atoms with Crippen LogP contribution >= 0.6 is 23.2 Å². The topological polar surface area (TPSA) is 64.9 Å². The zero-order chi connectivity index (χ0) is 11.5. The second-order valence-corrected chi connectivity index (χ2v) is 3.94. The van der Waals surface area contributed by atoms with Gasteiger partial charge in [-0.1, -0.05) is 34.4 Å². The van der Waals surface area contributed by atoms with Crippen molar-refractivity contribution in [3.63, 3.8) is 0 Å². The van der Waals surface area contributed by atoms with Crippen molar-refractivity contribution in [2.45, 2.75) is 6.42 Å². The van der Waals surface area contributed by atoms with E-state index in [1.807, 2.05) is 0 Å². The van der Waals surface area contributed by atoms with Crippen molar-refractivity contribution >= 4 is 23.2 Å². The number of aromatic nitrogens is 2. The van der Waals surface area contributed by atoms with E-state index in [0.29, 0.717) is 40.3 Å². The van der Waals surface area contributed by atoms with Crippen LogP contribution in [0, 0.1) is 0 Å². The Labute approximate surface area is 102 Å². The minimum atomic E-state index is 0.357. The van der Waals surface area contributed by atoms with Gasteiger partial charge in [0.2, 0.25) is 0 Å². The van der Waals surface area contributed by atoms with Crippen molar-refractivity contribution < 1.29 is 4.52 Å². The second kappa shape index (κ2) is 4.82. The SMILES string of the molecule is NCCc1noc(-c2cccc(Cl)c2Cl)n1. The van der Waals surface area contributed by atoms with Gasteiger partial charge in [0, 0.05) is 6.42 Å². The molecule has 1 heterocycles. The van der Waals surface area contributed by atoms with Crippen LogP contribution < -0.4 is 5.73 Å². The molecule has 0 bridgehead atoms. The summed E-state index contributed by atoms with van der Waals surface area (Å²) in [6.07, 6.45) is 0.571. The highest BCUT2D eigenvalue weighted by Crippen LogP contribution is 2.32. The maximum Gasteiger partial charge on any atom is 0.259 e. The molecule has 2 aromatic rings. The van der Waals surface area contributed by atoms with Crippen molar-refractivity contribution in [1.29, 1.82) is 0 Å². The molecule has 0 spiro atoms. The molecule has 16 heavy (non-hydrogen) atoms. The smallest absolute Gasteiger partial charge is 0.259 e. The van der Waals surface area contributed by atoms with Gasteiger partial charge in [0.1, 0.15) is 0 Å². The molecule has 6 heteroatoms. The first-order valence-electron chi connectivity index (χ1n) is 4.69. The fraction of sp³-hybridized carbons (Fsp3) is 0.200. The normalized spacial score (nSPS) is 10.7. The molecule has 0 amide bonds. The predicted molar refractivity (Wildman–Crippen MR) is 62.5 cm³/mol. The summed E-state index contributed by atoms with van der Waals surface area (Å²) in [5.41, 5.74) is 6.02. The number of halogens is 2. The van der Waals surface area contributed by atoms with Crippen LogP contribution in [0.4, 0.5) is 0 Å². The number of nitrogens with two attached hydrogens (primary N) is 1. The van der Waals surface area contributed by atoms with E-state index in [-0.39, 0.29) is 0 Å². The first-order valence-corrected chi connectivity index (χ1v) is 5.45. The minimum absolute atomic E-state index is 0.357. The number of nitrogens with zero attached hydrogens (tertiary/aromatic N) is 2. The third-order valence-corrected chi connectivity index (χ3v) is 2.84. The Morgan fingerprint density at radius 2 is 2.12 bits per heavy atom. The summed E-state index contributed by atoms with van der Waals surface area (Å²) >= 11 is 11.9. The fourth-order valence-corrected chi connectivity index (χ4v) is 1.64. The van der Waals surface area contributed by atoms with Crippen LogP contribution in [-0.2, 0) is 6.42 Å². The Hall–Kier alpha value is -1.10. The maximum absolute atomic E-state index is 6.03. The Bertz CT molecular complexity index is 499. The van der Waals surface area contributed by atoms with Gasteiger partial charge in [-0.15, -0.1) is 0 Å². The fourth-order valence-electron chi connectivity index (χ4n) is 1.26. The largest absolute Gasteiger partial charge is 0.334 e. The highest BCUT2D eigenvalue weighted by atomic mass is 35.5. The average Bonchev–Trinajstić information content (AvgIpc) is 2.71. The van der Waals surface area contributed by atoms with Crippen molar-refractivity contribution in [3.8, 4) is 11.5 Å². The molecule has 4 nitrogen and oxygen atoms in total. The predicted octanol–water partition coefficient (Wildman–Crippen LogP) is 2.54. The molecule has 0 saturated heterocycles. The van der Waals surface area contributed by atoms with E-state index in [1.165, 1.54) is 0 Å². The second-order valence-electron chi connectivity index (χ2n) is 3.16. The van der Waals surface area contributed by atoms with Gasteiger partial charge in [-0.25, -0.2) is 0 Å². The molecule has 1 aromatic carbocycles. The Morgan fingerprint density at radius 1 is 1.31 bits per heavy atom. The van der Waals surface area contributed by atoms with Crippen molar-refractivity contribution in [1.82, 2.24) is 10.1 Å². The summed E-state index contributed by atoms with van der Waals surface area (Å²) in [5.74, 6) is 0.921. The molecule has 0 aliphatic carbocycles. The van der Waals surface area contributed by atoms with Crippen LogP contribution in [0.3, 0.4) is 0 Å². The monoisotopic (exact) mass is 257 g/mol. The van der Waals surface area contributed by atoms with Gasteiger partial charge in [-0.3, -0.25) is 0 Å². The molecule has 0 aliphatic heterocycles. The van der Waals surface area contributed by atoms with Gasteiger partial charge in [-0.2, -0.15) is 4.98 Å². The summed E-state index contributed by atoms with van der Waals surface area (Å²) in [6.45, 7) is 0.474. The lowest BCUT2D eigenvalue weighted by molar-refractivity contribution is 0.422. The maximum atomic E-state index is 6.03. The lowest BCUT2D eigenvalue weighted by Crippen LogP contribution is -2.03. The molecule has 0 fully saturated rings.